The summed E-state index contributed by atoms with van der Waals surface area (Å²) in [5.74, 6) is 0.384. The third kappa shape index (κ3) is 1.99. The highest BCUT2D eigenvalue weighted by molar-refractivity contribution is 6.58. The van der Waals surface area contributed by atoms with Crippen molar-refractivity contribution in [1.82, 2.24) is 0 Å². The lowest BCUT2D eigenvalue weighted by molar-refractivity contribution is 0.425. The molecule has 2 aromatic carbocycles. The molecule has 0 bridgehead atoms. The molecule has 0 heterocycles. The number of fused-ring (bicyclic) bond motifs is 3. The first-order valence-electron chi connectivity index (χ1n) is 6.81. The minimum Gasteiger partial charge on any atom is -0.423 e. The van der Waals surface area contributed by atoms with Crippen LogP contribution in [-0.4, -0.2) is 17.2 Å². The Morgan fingerprint density at radius 2 is 1.74 bits per heavy atom. The SMILES string of the molecule is CCCC1c2ccccc2-c2ccc(B(O)O)cc21. The van der Waals surface area contributed by atoms with Crippen molar-refractivity contribution >= 4 is 12.6 Å². The maximum atomic E-state index is 9.34. The van der Waals surface area contributed by atoms with Crippen LogP contribution in [0.3, 0.4) is 0 Å². The summed E-state index contributed by atoms with van der Waals surface area (Å²) >= 11 is 0. The summed E-state index contributed by atoms with van der Waals surface area (Å²) in [7, 11) is -1.39. The smallest absolute Gasteiger partial charge is 0.423 e. The summed E-state index contributed by atoms with van der Waals surface area (Å²) in [6, 6.07) is 14.2. The molecule has 0 aliphatic heterocycles. The van der Waals surface area contributed by atoms with E-state index < -0.39 is 7.12 Å². The molecule has 1 atom stereocenters. The molecule has 19 heavy (non-hydrogen) atoms. The Morgan fingerprint density at radius 1 is 1.00 bits per heavy atom. The van der Waals surface area contributed by atoms with E-state index in [0.29, 0.717) is 11.4 Å². The highest BCUT2D eigenvalue weighted by Gasteiger charge is 2.28. The van der Waals surface area contributed by atoms with Crippen molar-refractivity contribution in [3.8, 4) is 11.1 Å². The lowest BCUT2D eigenvalue weighted by Gasteiger charge is -2.13. The Bertz CT molecular complexity index is 607. The topological polar surface area (TPSA) is 40.5 Å². The van der Waals surface area contributed by atoms with Crippen molar-refractivity contribution in [2.45, 2.75) is 25.7 Å². The van der Waals surface area contributed by atoms with Crippen LogP contribution in [0.15, 0.2) is 42.5 Å². The molecule has 0 aromatic heterocycles. The Balaban J connectivity index is 2.16. The van der Waals surface area contributed by atoms with E-state index in [1.54, 1.807) is 6.07 Å². The van der Waals surface area contributed by atoms with Gasteiger partial charge in [-0.05, 0) is 34.1 Å². The van der Waals surface area contributed by atoms with Crippen LogP contribution in [0, 0.1) is 0 Å². The molecular formula is C16H17BO2. The van der Waals surface area contributed by atoms with Crippen molar-refractivity contribution in [3.05, 3.63) is 53.6 Å². The summed E-state index contributed by atoms with van der Waals surface area (Å²) in [5, 5.41) is 18.7. The van der Waals surface area contributed by atoms with E-state index >= 15 is 0 Å². The van der Waals surface area contributed by atoms with E-state index in [1.165, 1.54) is 22.3 Å². The molecule has 2 N–H and O–H groups in total. The van der Waals surface area contributed by atoms with E-state index in [-0.39, 0.29) is 0 Å². The maximum Gasteiger partial charge on any atom is 0.488 e. The van der Waals surface area contributed by atoms with E-state index in [0.717, 1.165) is 12.8 Å². The fraction of sp³-hybridized carbons (Fsp3) is 0.250. The Morgan fingerprint density at radius 3 is 2.47 bits per heavy atom. The third-order valence-electron chi connectivity index (χ3n) is 3.95. The number of hydrogen-bond acceptors (Lipinski definition) is 2. The highest BCUT2D eigenvalue weighted by Crippen LogP contribution is 2.46. The lowest BCUT2D eigenvalue weighted by Crippen LogP contribution is -2.30. The zero-order chi connectivity index (χ0) is 13.4. The van der Waals surface area contributed by atoms with Crippen LogP contribution in [0.5, 0.6) is 0 Å². The second-order valence-electron chi connectivity index (χ2n) is 5.15. The van der Waals surface area contributed by atoms with Crippen LogP contribution in [0.1, 0.15) is 36.8 Å². The van der Waals surface area contributed by atoms with Crippen molar-refractivity contribution in [2.75, 3.05) is 0 Å². The van der Waals surface area contributed by atoms with Gasteiger partial charge in [-0.3, -0.25) is 0 Å². The standard InChI is InChI=1S/C16H17BO2/c1-2-5-12-13-6-3-4-7-14(13)15-9-8-11(17(18)19)10-16(12)15/h3-4,6-10,12,18-19H,2,5H2,1H3. The van der Waals surface area contributed by atoms with Gasteiger partial charge in [-0.1, -0.05) is 55.8 Å². The second kappa shape index (κ2) is 4.84. The molecule has 96 valence electrons. The molecule has 0 saturated carbocycles. The monoisotopic (exact) mass is 252 g/mol. The van der Waals surface area contributed by atoms with Crippen LogP contribution in [0.4, 0.5) is 0 Å². The zero-order valence-corrected chi connectivity index (χ0v) is 11.0. The van der Waals surface area contributed by atoms with Crippen molar-refractivity contribution in [2.24, 2.45) is 0 Å². The van der Waals surface area contributed by atoms with Gasteiger partial charge >= 0.3 is 7.12 Å². The van der Waals surface area contributed by atoms with Gasteiger partial charge in [-0.15, -0.1) is 0 Å². The molecule has 3 rings (SSSR count). The first kappa shape index (κ1) is 12.5. The first-order valence-corrected chi connectivity index (χ1v) is 6.81. The van der Waals surface area contributed by atoms with Gasteiger partial charge in [-0.25, -0.2) is 0 Å². The van der Waals surface area contributed by atoms with Crippen LogP contribution in [0.2, 0.25) is 0 Å². The average Bonchev–Trinajstić information content (AvgIpc) is 2.74. The summed E-state index contributed by atoms with van der Waals surface area (Å²) in [5.41, 5.74) is 5.69. The summed E-state index contributed by atoms with van der Waals surface area (Å²) in [6.45, 7) is 2.19. The maximum absolute atomic E-state index is 9.34. The average molecular weight is 252 g/mol. The van der Waals surface area contributed by atoms with Crippen LogP contribution >= 0.6 is 0 Å². The van der Waals surface area contributed by atoms with Crippen LogP contribution in [-0.2, 0) is 0 Å². The minimum absolute atomic E-state index is 0.384. The normalized spacial score (nSPS) is 16.1. The van der Waals surface area contributed by atoms with Gasteiger partial charge in [0, 0.05) is 5.92 Å². The van der Waals surface area contributed by atoms with Crippen molar-refractivity contribution in [1.29, 1.82) is 0 Å². The molecule has 0 amide bonds. The summed E-state index contributed by atoms with van der Waals surface area (Å²) in [6.07, 6.45) is 2.21. The zero-order valence-electron chi connectivity index (χ0n) is 11.0. The quantitative estimate of drug-likeness (QED) is 0.823. The minimum atomic E-state index is -1.39. The van der Waals surface area contributed by atoms with Gasteiger partial charge in [0.25, 0.3) is 0 Å². The lowest BCUT2D eigenvalue weighted by atomic mass is 9.78. The van der Waals surface area contributed by atoms with Crippen LogP contribution in [0.25, 0.3) is 11.1 Å². The number of benzene rings is 2. The molecule has 2 nitrogen and oxygen atoms in total. The molecule has 2 aromatic rings. The molecular weight excluding hydrogens is 235 g/mol. The molecule has 0 radical (unpaired) electrons. The molecule has 1 aliphatic rings. The second-order valence-corrected chi connectivity index (χ2v) is 5.15. The predicted octanol–water partition coefficient (Wildman–Crippen LogP) is 2.28. The summed E-state index contributed by atoms with van der Waals surface area (Å²) in [4.78, 5) is 0. The van der Waals surface area contributed by atoms with Gasteiger partial charge < -0.3 is 10.0 Å². The third-order valence-corrected chi connectivity index (χ3v) is 3.95. The fourth-order valence-electron chi connectivity index (χ4n) is 3.09. The molecule has 0 fully saturated rings. The van der Waals surface area contributed by atoms with E-state index in [1.807, 2.05) is 12.1 Å². The van der Waals surface area contributed by atoms with E-state index in [9.17, 15) is 10.0 Å². The van der Waals surface area contributed by atoms with E-state index in [4.69, 9.17) is 0 Å². The van der Waals surface area contributed by atoms with Crippen molar-refractivity contribution < 1.29 is 10.0 Å². The fourth-order valence-corrected chi connectivity index (χ4v) is 3.09. The Kier molecular flexibility index (Phi) is 3.17. The van der Waals surface area contributed by atoms with Crippen LogP contribution < -0.4 is 5.46 Å². The summed E-state index contributed by atoms with van der Waals surface area (Å²) < 4.78 is 0. The molecule has 1 aliphatic carbocycles. The number of rotatable bonds is 3. The van der Waals surface area contributed by atoms with Gasteiger partial charge in [0.15, 0.2) is 0 Å². The van der Waals surface area contributed by atoms with E-state index in [2.05, 4.69) is 31.2 Å². The Labute approximate surface area is 113 Å². The van der Waals surface area contributed by atoms with Gasteiger partial charge in [-0.2, -0.15) is 0 Å². The highest BCUT2D eigenvalue weighted by atomic mass is 16.4. The molecule has 3 heteroatoms. The first-order chi connectivity index (χ1) is 9.22. The van der Waals surface area contributed by atoms with Crippen molar-refractivity contribution in [3.63, 3.8) is 0 Å². The number of hydrogen-bond donors (Lipinski definition) is 2. The molecule has 0 saturated heterocycles. The van der Waals surface area contributed by atoms with Gasteiger partial charge in [0.2, 0.25) is 0 Å². The predicted molar refractivity (Wildman–Crippen MR) is 78.5 cm³/mol. The molecule has 0 spiro atoms. The molecule has 1 unspecified atom stereocenters. The van der Waals surface area contributed by atoms with Gasteiger partial charge in [0.05, 0.1) is 0 Å². The van der Waals surface area contributed by atoms with Gasteiger partial charge in [0.1, 0.15) is 0 Å². The Hall–Kier alpha value is -1.58. The largest absolute Gasteiger partial charge is 0.488 e.